The monoisotopic (exact) mass is 208 g/mol. The van der Waals surface area contributed by atoms with Gasteiger partial charge in [0.05, 0.1) is 6.61 Å². The Labute approximate surface area is 87.2 Å². The molecule has 3 heteroatoms. The molecule has 0 atom stereocenters. The van der Waals surface area contributed by atoms with Gasteiger partial charge in [-0.2, -0.15) is 0 Å². The highest BCUT2D eigenvalue weighted by atomic mass is 32.1. The Morgan fingerprint density at radius 1 is 1.64 bits per heavy atom. The molecular weight excluding hydrogens is 196 g/mol. The van der Waals surface area contributed by atoms with E-state index in [-0.39, 0.29) is 5.97 Å². The van der Waals surface area contributed by atoms with Gasteiger partial charge in [-0.25, -0.2) is 4.79 Å². The fourth-order valence-electron chi connectivity index (χ4n) is 1.61. The van der Waals surface area contributed by atoms with Gasteiger partial charge in [0, 0.05) is 21.7 Å². The quantitative estimate of drug-likeness (QED) is 0.698. The summed E-state index contributed by atoms with van der Waals surface area (Å²) in [6.45, 7) is 4.36. The molecular formula is C11H12O2S. The first kappa shape index (κ1) is 9.46. The van der Waals surface area contributed by atoms with E-state index < -0.39 is 0 Å². The van der Waals surface area contributed by atoms with Gasteiger partial charge in [0.25, 0.3) is 0 Å². The number of hydrogen-bond acceptors (Lipinski definition) is 3. The van der Waals surface area contributed by atoms with Crippen molar-refractivity contribution in [2.45, 2.75) is 20.3 Å². The van der Waals surface area contributed by atoms with Gasteiger partial charge in [-0.3, -0.25) is 0 Å². The largest absolute Gasteiger partial charge is 0.463 e. The SMILES string of the molecule is CCOC(=O)C1=Cc2cc(C)sc2C1. The minimum Gasteiger partial charge on any atom is -0.463 e. The van der Waals surface area contributed by atoms with Crippen LogP contribution in [-0.4, -0.2) is 12.6 Å². The Bertz CT molecular complexity index is 401. The number of esters is 1. The second-order valence-corrected chi connectivity index (χ2v) is 4.64. The molecule has 0 aromatic carbocycles. The fourth-order valence-corrected chi connectivity index (χ4v) is 2.65. The number of rotatable bonds is 2. The van der Waals surface area contributed by atoms with E-state index >= 15 is 0 Å². The number of fused-ring (bicyclic) bond motifs is 1. The first-order valence-electron chi connectivity index (χ1n) is 4.67. The van der Waals surface area contributed by atoms with E-state index in [2.05, 4.69) is 13.0 Å². The van der Waals surface area contributed by atoms with Gasteiger partial charge in [0.1, 0.15) is 0 Å². The summed E-state index contributed by atoms with van der Waals surface area (Å²) >= 11 is 1.76. The van der Waals surface area contributed by atoms with Crippen molar-refractivity contribution in [2.24, 2.45) is 0 Å². The van der Waals surface area contributed by atoms with Crippen LogP contribution in [0.5, 0.6) is 0 Å². The van der Waals surface area contributed by atoms with Crippen LogP contribution in [0.2, 0.25) is 0 Å². The molecule has 0 spiro atoms. The number of carbonyl (C=O) groups is 1. The van der Waals surface area contributed by atoms with Gasteiger partial charge in [-0.05, 0) is 31.6 Å². The molecule has 0 unspecified atom stereocenters. The fraction of sp³-hybridized carbons (Fsp3) is 0.364. The maximum atomic E-state index is 11.4. The highest BCUT2D eigenvalue weighted by Gasteiger charge is 2.20. The second-order valence-electron chi connectivity index (χ2n) is 3.30. The molecule has 0 amide bonds. The second kappa shape index (κ2) is 3.58. The van der Waals surface area contributed by atoms with E-state index in [0.717, 1.165) is 12.0 Å². The van der Waals surface area contributed by atoms with Gasteiger partial charge in [-0.1, -0.05) is 0 Å². The van der Waals surface area contributed by atoms with Gasteiger partial charge in [-0.15, -0.1) is 11.3 Å². The summed E-state index contributed by atoms with van der Waals surface area (Å²) in [5, 5.41) is 0. The first-order chi connectivity index (χ1) is 6.70. The molecule has 1 aromatic heterocycles. The summed E-state index contributed by atoms with van der Waals surface area (Å²) in [6.07, 6.45) is 2.68. The molecule has 0 fully saturated rings. The number of aryl methyl sites for hydroxylation is 1. The molecule has 0 radical (unpaired) electrons. The highest BCUT2D eigenvalue weighted by Crippen LogP contribution is 2.32. The molecule has 0 bridgehead atoms. The minimum absolute atomic E-state index is 0.173. The van der Waals surface area contributed by atoms with E-state index in [4.69, 9.17) is 4.74 Å². The Kier molecular flexibility index (Phi) is 2.42. The lowest BCUT2D eigenvalue weighted by atomic mass is 10.2. The topological polar surface area (TPSA) is 26.3 Å². The lowest BCUT2D eigenvalue weighted by Crippen LogP contribution is -2.06. The van der Waals surface area contributed by atoms with Gasteiger partial charge in [0.15, 0.2) is 0 Å². The molecule has 2 nitrogen and oxygen atoms in total. The van der Waals surface area contributed by atoms with Crippen molar-refractivity contribution >= 4 is 23.4 Å². The predicted molar refractivity (Wildman–Crippen MR) is 57.4 cm³/mol. The zero-order valence-electron chi connectivity index (χ0n) is 8.29. The van der Waals surface area contributed by atoms with E-state index in [1.54, 1.807) is 11.3 Å². The highest BCUT2D eigenvalue weighted by molar-refractivity contribution is 7.12. The minimum atomic E-state index is -0.173. The predicted octanol–water partition coefficient (Wildman–Crippen LogP) is 2.56. The van der Waals surface area contributed by atoms with Gasteiger partial charge < -0.3 is 4.74 Å². The van der Waals surface area contributed by atoms with Crippen LogP contribution in [0.3, 0.4) is 0 Å². The summed E-state index contributed by atoms with van der Waals surface area (Å²) in [6, 6.07) is 2.12. The van der Waals surface area contributed by atoms with Crippen molar-refractivity contribution in [3.8, 4) is 0 Å². The van der Waals surface area contributed by atoms with E-state index in [1.807, 2.05) is 13.0 Å². The first-order valence-corrected chi connectivity index (χ1v) is 5.49. The molecule has 2 rings (SSSR count). The van der Waals surface area contributed by atoms with Crippen molar-refractivity contribution in [2.75, 3.05) is 6.61 Å². The number of hydrogen-bond donors (Lipinski definition) is 0. The Morgan fingerprint density at radius 2 is 2.43 bits per heavy atom. The summed E-state index contributed by atoms with van der Waals surface area (Å²) in [7, 11) is 0. The average Bonchev–Trinajstić information content (AvgIpc) is 2.61. The van der Waals surface area contributed by atoms with Crippen LogP contribution >= 0.6 is 11.3 Å². The molecule has 1 aliphatic rings. The Hall–Kier alpha value is -1.09. The Morgan fingerprint density at radius 3 is 3.07 bits per heavy atom. The van der Waals surface area contributed by atoms with E-state index in [1.165, 1.54) is 15.3 Å². The molecule has 1 heterocycles. The summed E-state index contributed by atoms with van der Waals surface area (Å²) in [5.41, 5.74) is 1.98. The van der Waals surface area contributed by atoms with Crippen molar-refractivity contribution < 1.29 is 9.53 Å². The van der Waals surface area contributed by atoms with Gasteiger partial charge in [0.2, 0.25) is 0 Å². The van der Waals surface area contributed by atoms with Crippen molar-refractivity contribution in [3.05, 3.63) is 27.0 Å². The molecule has 0 saturated heterocycles. The normalized spacial score (nSPS) is 13.7. The summed E-state index contributed by atoms with van der Waals surface area (Å²) in [4.78, 5) is 14.0. The molecule has 0 saturated carbocycles. The molecule has 1 aliphatic carbocycles. The third-order valence-electron chi connectivity index (χ3n) is 2.18. The third kappa shape index (κ3) is 1.60. The van der Waals surface area contributed by atoms with Crippen LogP contribution < -0.4 is 0 Å². The van der Waals surface area contributed by atoms with Crippen molar-refractivity contribution in [1.29, 1.82) is 0 Å². The molecule has 0 aliphatic heterocycles. The standard InChI is InChI=1S/C11H12O2S/c1-3-13-11(12)9-5-8-4-7(2)14-10(8)6-9/h4-5H,3,6H2,1-2H3. The summed E-state index contributed by atoms with van der Waals surface area (Å²) < 4.78 is 4.95. The molecule has 14 heavy (non-hydrogen) atoms. The van der Waals surface area contributed by atoms with Gasteiger partial charge >= 0.3 is 5.97 Å². The van der Waals surface area contributed by atoms with E-state index in [9.17, 15) is 4.79 Å². The van der Waals surface area contributed by atoms with Crippen molar-refractivity contribution in [3.63, 3.8) is 0 Å². The van der Waals surface area contributed by atoms with Crippen LogP contribution in [0.25, 0.3) is 6.08 Å². The maximum absolute atomic E-state index is 11.4. The van der Waals surface area contributed by atoms with Crippen LogP contribution in [0.4, 0.5) is 0 Å². The van der Waals surface area contributed by atoms with Crippen LogP contribution in [0, 0.1) is 6.92 Å². The molecule has 1 aromatic rings. The third-order valence-corrected chi connectivity index (χ3v) is 3.25. The zero-order valence-corrected chi connectivity index (χ0v) is 9.11. The molecule has 74 valence electrons. The van der Waals surface area contributed by atoms with Crippen LogP contribution in [-0.2, 0) is 16.0 Å². The summed E-state index contributed by atoms with van der Waals surface area (Å²) in [5.74, 6) is -0.173. The molecule has 0 N–H and O–H groups in total. The lowest BCUT2D eigenvalue weighted by Gasteiger charge is -2.00. The number of carbonyl (C=O) groups excluding carboxylic acids is 1. The number of thiophene rings is 1. The Balaban J connectivity index is 2.18. The lowest BCUT2D eigenvalue weighted by molar-refractivity contribution is -0.138. The van der Waals surface area contributed by atoms with Crippen LogP contribution in [0.15, 0.2) is 11.6 Å². The van der Waals surface area contributed by atoms with Crippen molar-refractivity contribution in [1.82, 2.24) is 0 Å². The van der Waals surface area contributed by atoms with Crippen LogP contribution in [0.1, 0.15) is 22.2 Å². The zero-order chi connectivity index (χ0) is 10.1. The number of ether oxygens (including phenoxy) is 1. The smallest absolute Gasteiger partial charge is 0.334 e. The van der Waals surface area contributed by atoms with E-state index in [0.29, 0.717) is 6.61 Å². The average molecular weight is 208 g/mol. The maximum Gasteiger partial charge on any atom is 0.334 e.